The molecule has 0 N–H and O–H groups in total. The summed E-state index contributed by atoms with van der Waals surface area (Å²) in [6.45, 7) is 0. The maximum Gasteiger partial charge on any atom is 0.238 e. The molecule has 0 saturated heterocycles. The lowest BCUT2D eigenvalue weighted by Crippen LogP contribution is -1.93. The molecular formula is C10H8ClN3O. The number of nitrogens with zero attached hydrogens (tertiary/aromatic N) is 3. The summed E-state index contributed by atoms with van der Waals surface area (Å²) in [5.41, 5.74) is 0.718. The molecule has 5 heteroatoms. The van der Waals surface area contributed by atoms with Crippen LogP contribution in [0.2, 0.25) is 0 Å². The van der Waals surface area contributed by atoms with Crippen molar-refractivity contribution < 1.29 is 4.74 Å². The second kappa shape index (κ2) is 4.70. The summed E-state index contributed by atoms with van der Waals surface area (Å²) >= 11 is 5.59. The van der Waals surface area contributed by atoms with Crippen LogP contribution in [-0.4, -0.2) is 15.2 Å². The summed E-state index contributed by atoms with van der Waals surface area (Å²) in [4.78, 5) is 3.92. The molecule has 0 unspecified atom stereocenters. The van der Waals surface area contributed by atoms with Crippen LogP contribution in [0.15, 0.2) is 36.7 Å². The average Bonchev–Trinajstić information content (AvgIpc) is 2.31. The Morgan fingerprint density at radius 3 is 2.73 bits per heavy atom. The third-order valence-electron chi connectivity index (χ3n) is 1.69. The average molecular weight is 222 g/mol. The SMILES string of the molecule is ClCc1ccc(Oc2cccnc2)nn1. The van der Waals surface area contributed by atoms with Gasteiger partial charge < -0.3 is 4.74 Å². The van der Waals surface area contributed by atoms with Gasteiger partial charge in [-0.25, -0.2) is 0 Å². The van der Waals surface area contributed by atoms with E-state index in [0.717, 1.165) is 5.69 Å². The molecule has 2 aromatic heterocycles. The molecule has 0 atom stereocenters. The molecule has 0 aliphatic heterocycles. The van der Waals surface area contributed by atoms with E-state index in [9.17, 15) is 0 Å². The largest absolute Gasteiger partial charge is 0.436 e. The number of rotatable bonds is 3. The Balaban J connectivity index is 2.11. The lowest BCUT2D eigenvalue weighted by atomic mass is 10.4. The molecule has 2 aromatic rings. The van der Waals surface area contributed by atoms with Crippen LogP contribution in [0.25, 0.3) is 0 Å². The molecule has 76 valence electrons. The zero-order chi connectivity index (χ0) is 10.5. The quantitative estimate of drug-likeness (QED) is 0.747. The van der Waals surface area contributed by atoms with Crippen LogP contribution in [0.1, 0.15) is 5.69 Å². The summed E-state index contributed by atoms with van der Waals surface area (Å²) in [7, 11) is 0. The van der Waals surface area contributed by atoms with Crippen LogP contribution in [0.3, 0.4) is 0 Å². The van der Waals surface area contributed by atoms with E-state index in [2.05, 4.69) is 15.2 Å². The first-order valence-corrected chi connectivity index (χ1v) is 4.88. The van der Waals surface area contributed by atoms with Gasteiger partial charge in [-0.2, -0.15) is 5.10 Å². The van der Waals surface area contributed by atoms with Gasteiger partial charge in [0.2, 0.25) is 5.88 Å². The monoisotopic (exact) mass is 221 g/mol. The molecule has 0 aliphatic carbocycles. The zero-order valence-electron chi connectivity index (χ0n) is 7.80. The Morgan fingerprint density at radius 2 is 2.13 bits per heavy atom. The Labute approximate surface area is 91.9 Å². The molecule has 0 amide bonds. The number of hydrogen-bond acceptors (Lipinski definition) is 4. The van der Waals surface area contributed by atoms with Gasteiger partial charge >= 0.3 is 0 Å². The highest BCUT2D eigenvalue weighted by Gasteiger charge is 1.99. The molecule has 0 radical (unpaired) electrons. The molecule has 0 aliphatic rings. The number of pyridine rings is 1. The van der Waals surface area contributed by atoms with Crippen molar-refractivity contribution in [2.75, 3.05) is 0 Å². The van der Waals surface area contributed by atoms with E-state index in [1.165, 1.54) is 0 Å². The molecule has 0 saturated carbocycles. The van der Waals surface area contributed by atoms with E-state index in [4.69, 9.17) is 16.3 Å². The Bertz CT molecular complexity index is 418. The van der Waals surface area contributed by atoms with E-state index in [1.807, 2.05) is 0 Å². The van der Waals surface area contributed by atoms with Crippen molar-refractivity contribution in [1.29, 1.82) is 0 Å². The minimum atomic E-state index is 0.347. The topological polar surface area (TPSA) is 47.9 Å². The van der Waals surface area contributed by atoms with E-state index in [1.54, 1.807) is 36.7 Å². The van der Waals surface area contributed by atoms with E-state index in [0.29, 0.717) is 17.5 Å². The number of aromatic nitrogens is 3. The fourth-order valence-electron chi connectivity index (χ4n) is 1.00. The third-order valence-corrected chi connectivity index (χ3v) is 1.96. The summed E-state index contributed by atoms with van der Waals surface area (Å²) < 4.78 is 5.40. The van der Waals surface area contributed by atoms with Crippen LogP contribution in [0, 0.1) is 0 Å². The summed E-state index contributed by atoms with van der Waals surface area (Å²) in [5.74, 6) is 1.41. The molecule has 2 heterocycles. The Morgan fingerprint density at radius 1 is 1.20 bits per heavy atom. The summed E-state index contributed by atoms with van der Waals surface area (Å²) in [5, 5.41) is 7.73. The first-order valence-electron chi connectivity index (χ1n) is 4.35. The van der Waals surface area contributed by atoms with Crippen LogP contribution >= 0.6 is 11.6 Å². The van der Waals surface area contributed by atoms with Crippen molar-refractivity contribution in [3.8, 4) is 11.6 Å². The minimum absolute atomic E-state index is 0.347. The van der Waals surface area contributed by atoms with Crippen LogP contribution < -0.4 is 4.74 Å². The van der Waals surface area contributed by atoms with Gasteiger partial charge in [0.25, 0.3) is 0 Å². The molecule has 0 aromatic carbocycles. The Kier molecular flexibility index (Phi) is 3.09. The number of halogens is 1. The maximum absolute atomic E-state index is 5.59. The number of hydrogen-bond donors (Lipinski definition) is 0. The van der Waals surface area contributed by atoms with Crippen molar-refractivity contribution in [2.45, 2.75) is 5.88 Å². The van der Waals surface area contributed by atoms with Crippen molar-refractivity contribution in [3.63, 3.8) is 0 Å². The third kappa shape index (κ3) is 2.63. The molecule has 15 heavy (non-hydrogen) atoms. The first kappa shape index (κ1) is 9.86. The van der Waals surface area contributed by atoms with Gasteiger partial charge in [0.15, 0.2) is 0 Å². The molecule has 0 fully saturated rings. The highest BCUT2D eigenvalue weighted by atomic mass is 35.5. The normalized spacial score (nSPS) is 9.93. The number of alkyl halides is 1. The lowest BCUT2D eigenvalue weighted by Gasteiger charge is -2.02. The first-order chi connectivity index (χ1) is 7.38. The summed E-state index contributed by atoms with van der Waals surface area (Å²) in [6.07, 6.45) is 3.28. The van der Waals surface area contributed by atoms with Gasteiger partial charge in [0, 0.05) is 12.3 Å². The predicted molar refractivity (Wildman–Crippen MR) is 55.9 cm³/mol. The Hall–Kier alpha value is -1.68. The molecule has 2 rings (SSSR count). The molecule has 0 spiro atoms. The van der Waals surface area contributed by atoms with Gasteiger partial charge in [-0.15, -0.1) is 16.7 Å². The number of ether oxygens (including phenoxy) is 1. The van der Waals surface area contributed by atoms with Gasteiger partial charge in [-0.1, -0.05) is 0 Å². The van der Waals surface area contributed by atoms with E-state index < -0.39 is 0 Å². The van der Waals surface area contributed by atoms with Gasteiger partial charge in [0.1, 0.15) is 5.75 Å². The van der Waals surface area contributed by atoms with Gasteiger partial charge in [0.05, 0.1) is 17.8 Å². The minimum Gasteiger partial charge on any atom is -0.436 e. The molecular weight excluding hydrogens is 214 g/mol. The van der Waals surface area contributed by atoms with Crippen LogP contribution in [0.5, 0.6) is 11.6 Å². The van der Waals surface area contributed by atoms with Gasteiger partial charge in [-0.3, -0.25) is 4.98 Å². The smallest absolute Gasteiger partial charge is 0.238 e. The maximum atomic E-state index is 5.59. The van der Waals surface area contributed by atoms with Crippen molar-refractivity contribution in [3.05, 3.63) is 42.4 Å². The lowest BCUT2D eigenvalue weighted by molar-refractivity contribution is 0.452. The van der Waals surface area contributed by atoms with Crippen molar-refractivity contribution in [1.82, 2.24) is 15.2 Å². The van der Waals surface area contributed by atoms with Crippen molar-refractivity contribution in [2.24, 2.45) is 0 Å². The van der Waals surface area contributed by atoms with Crippen molar-refractivity contribution >= 4 is 11.6 Å². The van der Waals surface area contributed by atoms with Gasteiger partial charge in [-0.05, 0) is 18.2 Å². The van der Waals surface area contributed by atoms with Crippen LogP contribution in [0.4, 0.5) is 0 Å². The molecule has 4 nitrogen and oxygen atoms in total. The fraction of sp³-hybridized carbons (Fsp3) is 0.100. The molecule has 0 bridgehead atoms. The fourth-order valence-corrected chi connectivity index (χ4v) is 1.14. The predicted octanol–water partition coefficient (Wildman–Crippen LogP) is 2.40. The second-order valence-electron chi connectivity index (χ2n) is 2.79. The summed E-state index contributed by atoms with van der Waals surface area (Å²) in [6, 6.07) is 7.07. The highest BCUT2D eigenvalue weighted by Crippen LogP contribution is 2.16. The zero-order valence-corrected chi connectivity index (χ0v) is 8.55. The second-order valence-corrected chi connectivity index (χ2v) is 3.05. The standard InChI is InChI=1S/C10H8ClN3O/c11-6-8-3-4-10(14-13-8)15-9-2-1-5-12-7-9/h1-5,7H,6H2. The highest BCUT2D eigenvalue weighted by molar-refractivity contribution is 6.16. The van der Waals surface area contributed by atoms with E-state index in [-0.39, 0.29) is 0 Å². The van der Waals surface area contributed by atoms with E-state index >= 15 is 0 Å². The van der Waals surface area contributed by atoms with Crippen LogP contribution in [-0.2, 0) is 5.88 Å².